The van der Waals surface area contributed by atoms with Gasteiger partial charge in [-0.05, 0) is 24.6 Å². The number of benzene rings is 2. The minimum absolute atomic E-state index is 0.173. The molecule has 2 aromatic rings. The van der Waals surface area contributed by atoms with Crippen molar-refractivity contribution >= 4 is 34.9 Å². The largest absolute Gasteiger partial charge is 0.345 e. The van der Waals surface area contributed by atoms with Crippen molar-refractivity contribution in [3.8, 4) is 0 Å². The van der Waals surface area contributed by atoms with Gasteiger partial charge in [-0.25, -0.2) is 0 Å². The highest BCUT2D eigenvalue weighted by atomic mass is 35.5. The highest BCUT2D eigenvalue weighted by molar-refractivity contribution is 6.42. The molecule has 0 aromatic heterocycles. The molecule has 0 radical (unpaired) electrons. The summed E-state index contributed by atoms with van der Waals surface area (Å²) in [5.41, 5.74) is 2.09. The average molecular weight is 322 g/mol. The van der Waals surface area contributed by atoms with Crippen molar-refractivity contribution in [1.82, 2.24) is 5.32 Å². The Kier molecular flexibility index (Phi) is 4.99. The zero-order valence-electron chi connectivity index (χ0n) is 11.3. The molecule has 5 heteroatoms. The molecular formula is C16H13Cl2NO2. The molecule has 0 saturated carbocycles. The molecule has 21 heavy (non-hydrogen) atoms. The number of carbonyl (C=O) groups is 2. The van der Waals surface area contributed by atoms with Gasteiger partial charge in [0.05, 0.1) is 0 Å². The standard InChI is InChI=1S/C16H13Cl2NO2/c1-10-2-4-11(5-3-10)15(20)16(21)19-9-12-6-7-13(17)8-14(12)18/h2-8H,9H2,1H3,(H,19,21). The number of rotatable bonds is 4. The van der Waals surface area contributed by atoms with E-state index in [2.05, 4.69) is 5.32 Å². The van der Waals surface area contributed by atoms with Gasteiger partial charge in [0.25, 0.3) is 5.91 Å². The Morgan fingerprint density at radius 1 is 1.05 bits per heavy atom. The highest BCUT2D eigenvalue weighted by Crippen LogP contribution is 2.20. The third-order valence-electron chi connectivity index (χ3n) is 2.97. The maximum absolute atomic E-state index is 12.0. The molecule has 108 valence electrons. The van der Waals surface area contributed by atoms with Gasteiger partial charge in [-0.15, -0.1) is 0 Å². The van der Waals surface area contributed by atoms with Crippen LogP contribution in [0.5, 0.6) is 0 Å². The first kappa shape index (κ1) is 15.5. The molecule has 0 spiro atoms. The third kappa shape index (κ3) is 4.06. The molecule has 1 N–H and O–H groups in total. The Bertz CT molecular complexity index is 681. The van der Waals surface area contributed by atoms with Crippen molar-refractivity contribution in [3.05, 3.63) is 69.2 Å². The monoisotopic (exact) mass is 321 g/mol. The van der Waals surface area contributed by atoms with Crippen LogP contribution in [0.25, 0.3) is 0 Å². The van der Waals surface area contributed by atoms with Crippen LogP contribution in [0.1, 0.15) is 21.5 Å². The summed E-state index contributed by atoms with van der Waals surface area (Å²) in [7, 11) is 0. The van der Waals surface area contributed by atoms with Crippen molar-refractivity contribution in [2.24, 2.45) is 0 Å². The molecule has 0 aliphatic rings. The van der Waals surface area contributed by atoms with Gasteiger partial charge >= 0.3 is 0 Å². The number of carbonyl (C=O) groups excluding carboxylic acids is 2. The molecule has 0 bridgehead atoms. The predicted octanol–water partition coefficient (Wildman–Crippen LogP) is 3.80. The van der Waals surface area contributed by atoms with Gasteiger partial charge in [0.2, 0.25) is 5.78 Å². The van der Waals surface area contributed by atoms with Gasteiger partial charge in [0.15, 0.2) is 0 Å². The number of ketones is 1. The Balaban J connectivity index is 2.01. The lowest BCUT2D eigenvalue weighted by molar-refractivity contribution is -0.117. The Hall–Kier alpha value is -1.84. The van der Waals surface area contributed by atoms with Crippen molar-refractivity contribution in [2.45, 2.75) is 13.5 Å². The van der Waals surface area contributed by atoms with Crippen LogP contribution in [-0.4, -0.2) is 11.7 Å². The molecular weight excluding hydrogens is 309 g/mol. The van der Waals surface area contributed by atoms with Gasteiger partial charge in [-0.1, -0.05) is 59.1 Å². The maximum Gasteiger partial charge on any atom is 0.292 e. The van der Waals surface area contributed by atoms with Crippen LogP contribution >= 0.6 is 23.2 Å². The predicted molar refractivity (Wildman–Crippen MR) is 83.8 cm³/mol. The van der Waals surface area contributed by atoms with Crippen LogP contribution in [-0.2, 0) is 11.3 Å². The van der Waals surface area contributed by atoms with Gasteiger partial charge in [-0.3, -0.25) is 9.59 Å². The zero-order valence-corrected chi connectivity index (χ0v) is 12.8. The molecule has 1 amide bonds. The highest BCUT2D eigenvalue weighted by Gasteiger charge is 2.15. The first-order chi connectivity index (χ1) is 9.97. The van der Waals surface area contributed by atoms with Gasteiger partial charge < -0.3 is 5.32 Å². The number of hydrogen-bond donors (Lipinski definition) is 1. The smallest absolute Gasteiger partial charge is 0.292 e. The van der Waals surface area contributed by atoms with E-state index in [1.165, 1.54) is 0 Å². The van der Waals surface area contributed by atoms with E-state index in [1.807, 2.05) is 6.92 Å². The molecule has 0 heterocycles. The van der Waals surface area contributed by atoms with E-state index in [0.29, 0.717) is 21.2 Å². The second kappa shape index (κ2) is 6.74. The Morgan fingerprint density at radius 3 is 2.33 bits per heavy atom. The minimum Gasteiger partial charge on any atom is -0.345 e. The SMILES string of the molecule is Cc1ccc(C(=O)C(=O)NCc2ccc(Cl)cc2Cl)cc1. The molecule has 0 aliphatic carbocycles. The molecule has 0 unspecified atom stereocenters. The normalized spacial score (nSPS) is 10.2. The van der Waals surface area contributed by atoms with Crippen molar-refractivity contribution in [1.29, 1.82) is 0 Å². The lowest BCUT2D eigenvalue weighted by atomic mass is 10.1. The van der Waals surface area contributed by atoms with E-state index >= 15 is 0 Å². The maximum atomic E-state index is 12.0. The number of nitrogens with one attached hydrogen (secondary N) is 1. The van der Waals surface area contributed by atoms with Crippen LogP contribution in [0.4, 0.5) is 0 Å². The Morgan fingerprint density at radius 2 is 1.71 bits per heavy atom. The van der Waals surface area contributed by atoms with Gasteiger partial charge in [-0.2, -0.15) is 0 Å². The third-order valence-corrected chi connectivity index (χ3v) is 3.56. The minimum atomic E-state index is -0.662. The summed E-state index contributed by atoms with van der Waals surface area (Å²) in [6.45, 7) is 2.09. The van der Waals surface area contributed by atoms with E-state index < -0.39 is 11.7 Å². The first-order valence-corrected chi connectivity index (χ1v) is 7.06. The first-order valence-electron chi connectivity index (χ1n) is 6.30. The van der Waals surface area contributed by atoms with Crippen molar-refractivity contribution in [2.75, 3.05) is 0 Å². The van der Waals surface area contributed by atoms with E-state index in [-0.39, 0.29) is 6.54 Å². The topological polar surface area (TPSA) is 46.2 Å². The van der Waals surface area contributed by atoms with Crippen LogP contribution in [0, 0.1) is 6.92 Å². The van der Waals surface area contributed by atoms with Crippen LogP contribution < -0.4 is 5.32 Å². The number of halogens is 2. The zero-order chi connectivity index (χ0) is 15.4. The summed E-state index contributed by atoms with van der Waals surface area (Å²) in [6.07, 6.45) is 0. The molecule has 0 atom stereocenters. The van der Waals surface area contributed by atoms with Crippen LogP contribution in [0.3, 0.4) is 0 Å². The Labute approximate surface area is 132 Å². The van der Waals surface area contributed by atoms with Gasteiger partial charge in [0, 0.05) is 22.2 Å². The molecule has 3 nitrogen and oxygen atoms in total. The number of amides is 1. The quantitative estimate of drug-likeness (QED) is 0.687. The lowest BCUT2D eigenvalue weighted by Crippen LogP contribution is -2.30. The average Bonchev–Trinajstić information content (AvgIpc) is 2.46. The van der Waals surface area contributed by atoms with Crippen molar-refractivity contribution < 1.29 is 9.59 Å². The summed E-state index contributed by atoms with van der Waals surface area (Å²) in [4.78, 5) is 23.8. The number of hydrogen-bond acceptors (Lipinski definition) is 2. The van der Waals surface area contributed by atoms with Crippen molar-refractivity contribution in [3.63, 3.8) is 0 Å². The van der Waals surface area contributed by atoms with Gasteiger partial charge in [0.1, 0.15) is 0 Å². The number of aryl methyl sites for hydroxylation is 1. The lowest BCUT2D eigenvalue weighted by Gasteiger charge is -2.07. The summed E-state index contributed by atoms with van der Waals surface area (Å²) < 4.78 is 0. The molecule has 2 aromatic carbocycles. The summed E-state index contributed by atoms with van der Waals surface area (Å²) in [5, 5.41) is 3.52. The molecule has 0 aliphatic heterocycles. The van der Waals surface area contributed by atoms with E-state index in [4.69, 9.17) is 23.2 Å². The van der Waals surface area contributed by atoms with E-state index in [9.17, 15) is 9.59 Å². The fourth-order valence-electron chi connectivity index (χ4n) is 1.76. The summed E-state index contributed by atoms with van der Waals surface area (Å²) >= 11 is 11.8. The second-order valence-corrected chi connectivity index (χ2v) is 5.46. The molecule has 0 fully saturated rings. The summed E-state index contributed by atoms with van der Waals surface area (Å²) in [5.74, 6) is -1.23. The van der Waals surface area contributed by atoms with E-state index in [0.717, 1.165) is 5.56 Å². The van der Waals surface area contributed by atoms with Crippen LogP contribution in [0.15, 0.2) is 42.5 Å². The summed E-state index contributed by atoms with van der Waals surface area (Å²) in [6, 6.07) is 11.8. The fraction of sp³-hybridized carbons (Fsp3) is 0.125. The van der Waals surface area contributed by atoms with E-state index in [1.54, 1.807) is 42.5 Å². The van der Waals surface area contributed by atoms with Crippen LogP contribution in [0.2, 0.25) is 10.0 Å². The fourth-order valence-corrected chi connectivity index (χ4v) is 2.23. The number of Topliss-reactive ketones (excluding diaryl/α,β-unsaturated/α-hetero) is 1. The molecule has 2 rings (SSSR count). The second-order valence-electron chi connectivity index (χ2n) is 4.61. The molecule has 0 saturated heterocycles.